The quantitative estimate of drug-likeness (QED) is 0.691. The number of hydrogen-bond acceptors (Lipinski definition) is 4. The fourth-order valence-electron chi connectivity index (χ4n) is 1.26. The van der Waals surface area contributed by atoms with Gasteiger partial charge in [-0.3, -0.25) is 4.79 Å². The Morgan fingerprint density at radius 2 is 2.33 bits per heavy atom. The topological polar surface area (TPSA) is 75.3 Å². The van der Waals surface area contributed by atoms with Crippen LogP contribution in [0.2, 0.25) is 0 Å². The third-order valence-corrected chi connectivity index (χ3v) is 3.41. The van der Waals surface area contributed by atoms with Gasteiger partial charge in [0, 0.05) is 23.1 Å². The van der Waals surface area contributed by atoms with E-state index >= 15 is 0 Å². The molecular formula is C12H17FN2O2S. The molecule has 1 unspecified atom stereocenters. The lowest BCUT2D eigenvalue weighted by molar-refractivity contribution is -0.115. The van der Waals surface area contributed by atoms with Crippen molar-refractivity contribution in [1.82, 2.24) is 0 Å². The Labute approximate surface area is 110 Å². The van der Waals surface area contributed by atoms with E-state index < -0.39 is 5.82 Å². The van der Waals surface area contributed by atoms with Gasteiger partial charge in [-0.25, -0.2) is 4.39 Å². The first-order chi connectivity index (χ1) is 8.52. The molecule has 0 saturated heterocycles. The smallest absolute Gasteiger partial charge is 0.225 e. The lowest BCUT2D eigenvalue weighted by Gasteiger charge is -2.09. The maximum absolute atomic E-state index is 13.3. The monoisotopic (exact) mass is 272 g/mol. The van der Waals surface area contributed by atoms with E-state index in [1.54, 1.807) is 0 Å². The molecule has 18 heavy (non-hydrogen) atoms. The van der Waals surface area contributed by atoms with Crippen molar-refractivity contribution in [1.29, 1.82) is 0 Å². The van der Waals surface area contributed by atoms with Crippen molar-refractivity contribution < 1.29 is 14.3 Å². The maximum Gasteiger partial charge on any atom is 0.225 e. The van der Waals surface area contributed by atoms with Crippen molar-refractivity contribution in [3.8, 4) is 0 Å². The summed E-state index contributed by atoms with van der Waals surface area (Å²) in [6.45, 7) is 1.95. The Hall–Kier alpha value is -1.27. The Bertz CT molecular complexity index is 415. The van der Waals surface area contributed by atoms with Crippen LogP contribution in [0.15, 0.2) is 18.2 Å². The molecule has 0 aliphatic rings. The molecule has 0 aliphatic carbocycles. The van der Waals surface area contributed by atoms with Crippen molar-refractivity contribution >= 4 is 29.0 Å². The SMILES string of the molecule is CC(CO)SCCC(=O)Nc1cc(N)ccc1F. The van der Waals surface area contributed by atoms with E-state index in [1.807, 2.05) is 6.92 Å². The standard InChI is InChI=1S/C12H17FN2O2S/c1-8(7-16)18-5-4-12(17)15-11-6-9(14)2-3-10(11)13/h2-3,6,8,16H,4-5,7,14H2,1H3,(H,15,17). The van der Waals surface area contributed by atoms with Crippen LogP contribution in [0.1, 0.15) is 13.3 Å². The zero-order valence-electron chi connectivity index (χ0n) is 10.1. The number of hydrogen-bond donors (Lipinski definition) is 3. The summed E-state index contributed by atoms with van der Waals surface area (Å²) in [5, 5.41) is 11.4. The van der Waals surface area contributed by atoms with Crippen LogP contribution in [0.4, 0.5) is 15.8 Å². The molecule has 0 fully saturated rings. The largest absolute Gasteiger partial charge is 0.399 e. The first-order valence-electron chi connectivity index (χ1n) is 5.60. The van der Waals surface area contributed by atoms with Crippen LogP contribution < -0.4 is 11.1 Å². The molecule has 0 saturated carbocycles. The van der Waals surface area contributed by atoms with Gasteiger partial charge in [0.05, 0.1) is 12.3 Å². The molecule has 0 radical (unpaired) electrons. The van der Waals surface area contributed by atoms with Crippen LogP contribution in [0.5, 0.6) is 0 Å². The summed E-state index contributed by atoms with van der Waals surface area (Å²) in [6, 6.07) is 4.04. The van der Waals surface area contributed by atoms with Crippen molar-refractivity contribution in [3.63, 3.8) is 0 Å². The number of rotatable bonds is 6. The first kappa shape index (κ1) is 14.8. The van der Waals surface area contributed by atoms with Gasteiger partial charge in [-0.1, -0.05) is 6.92 Å². The Balaban J connectivity index is 2.42. The zero-order chi connectivity index (χ0) is 13.5. The van der Waals surface area contributed by atoms with Gasteiger partial charge in [0.25, 0.3) is 0 Å². The van der Waals surface area contributed by atoms with Crippen LogP contribution >= 0.6 is 11.8 Å². The number of nitrogen functional groups attached to an aromatic ring is 1. The highest BCUT2D eigenvalue weighted by Gasteiger charge is 2.08. The Kier molecular flexibility index (Phi) is 5.94. The van der Waals surface area contributed by atoms with E-state index in [-0.39, 0.29) is 29.9 Å². The molecule has 0 aromatic heterocycles. The summed E-state index contributed by atoms with van der Waals surface area (Å²) in [6.07, 6.45) is 0.267. The number of carbonyl (C=O) groups excluding carboxylic acids is 1. The number of thioether (sulfide) groups is 1. The second-order valence-electron chi connectivity index (χ2n) is 3.90. The number of carbonyl (C=O) groups is 1. The summed E-state index contributed by atoms with van der Waals surface area (Å²) >= 11 is 1.49. The molecule has 1 aromatic rings. The van der Waals surface area contributed by atoms with Crippen LogP contribution in [-0.4, -0.2) is 28.6 Å². The van der Waals surface area contributed by atoms with Gasteiger partial charge in [-0.05, 0) is 18.2 Å². The molecule has 1 amide bonds. The molecule has 0 bridgehead atoms. The number of nitrogens with two attached hydrogens (primary N) is 1. The molecule has 0 heterocycles. The third-order valence-electron chi connectivity index (χ3n) is 2.25. The summed E-state index contributed by atoms with van der Waals surface area (Å²) in [5.74, 6) is -0.191. The number of aliphatic hydroxyl groups is 1. The highest BCUT2D eigenvalue weighted by Crippen LogP contribution is 2.18. The second kappa shape index (κ2) is 7.23. The van der Waals surface area contributed by atoms with Gasteiger partial charge in [0.15, 0.2) is 0 Å². The molecule has 100 valence electrons. The number of anilines is 2. The summed E-state index contributed by atoms with van der Waals surface area (Å²) in [4.78, 5) is 11.6. The molecule has 0 aliphatic heterocycles. The van der Waals surface area contributed by atoms with Crippen molar-refractivity contribution in [2.75, 3.05) is 23.4 Å². The molecule has 0 spiro atoms. The van der Waals surface area contributed by atoms with E-state index in [1.165, 1.54) is 30.0 Å². The van der Waals surface area contributed by atoms with Gasteiger partial charge >= 0.3 is 0 Å². The van der Waals surface area contributed by atoms with Gasteiger partial charge in [-0.15, -0.1) is 0 Å². The number of nitrogens with one attached hydrogen (secondary N) is 1. The molecule has 6 heteroatoms. The highest BCUT2D eigenvalue weighted by atomic mass is 32.2. The Morgan fingerprint density at radius 3 is 3.00 bits per heavy atom. The minimum atomic E-state index is -0.506. The van der Waals surface area contributed by atoms with Crippen molar-refractivity contribution in [3.05, 3.63) is 24.0 Å². The molecule has 1 rings (SSSR count). The second-order valence-corrected chi connectivity index (χ2v) is 5.45. The van der Waals surface area contributed by atoms with Crippen LogP contribution in [0.25, 0.3) is 0 Å². The Morgan fingerprint density at radius 1 is 1.61 bits per heavy atom. The minimum Gasteiger partial charge on any atom is -0.399 e. The van der Waals surface area contributed by atoms with Crippen LogP contribution in [0, 0.1) is 5.82 Å². The molecule has 1 aromatic carbocycles. The number of halogens is 1. The van der Waals surface area contributed by atoms with Crippen LogP contribution in [0.3, 0.4) is 0 Å². The summed E-state index contributed by atoms with van der Waals surface area (Å²) in [7, 11) is 0. The summed E-state index contributed by atoms with van der Waals surface area (Å²) in [5.41, 5.74) is 6.01. The fourth-order valence-corrected chi connectivity index (χ4v) is 2.07. The number of amides is 1. The van der Waals surface area contributed by atoms with E-state index in [0.29, 0.717) is 11.4 Å². The van der Waals surface area contributed by atoms with E-state index in [4.69, 9.17) is 10.8 Å². The van der Waals surface area contributed by atoms with E-state index in [0.717, 1.165) is 0 Å². The molecule has 4 N–H and O–H groups in total. The fraction of sp³-hybridized carbons (Fsp3) is 0.417. The lowest BCUT2D eigenvalue weighted by atomic mass is 10.2. The van der Waals surface area contributed by atoms with Gasteiger partial charge in [0.1, 0.15) is 5.82 Å². The predicted molar refractivity (Wildman–Crippen MR) is 73.1 cm³/mol. The normalized spacial score (nSPS) is 12.2. The zero-order valence-corrected chi connectivity index (χ0v) is 11.0. The highest BCUT2D eigenvalue weighted by molar-refractivity contribution is 7.99. The molecular weight excluding hydrogens is 255 g/mol. The first-order valence-corrected chi connectivity index (χ1v) is 6.65. The van der Waals surface area contributed by atoms with Gasteiger partial charge in [0.2, 0.25) is 5.91 Å². The number of aliphatic hydroxyl groups excluding tert-OH is 1. The minimum absolute atomic E-state index is 0.0795. The molecule has 1 atom stereocenters. The maximum atomic E-state index is 13.3. The number of benzene rings is 1. The van der Waals surface area contributed by atoms with Gasteiger partial charge < -0.3 is 16.2 Å². The third kappa shape index (κ3) is 4.93. The predicted octanol–water partition coefficient (Wildman–Crippen LogP) is 1.85. The average molecular weight is 272 g/mol. The van der Waals surface area contributed by atoms with Crippen molar-refractivity contribution in [2.45, 2.75) is 18.6 Å². The van der Waals surface area contributed by atoms with Crippen LogP contribution in [-0.2, 0) is 4.79 Å². The van der Waals surface area contributed by atoms with E-state index in [9.17, 15) is 9.18 Å². The van der Waals surface area contributed by atoms with Gasteiger partial charge in [-0.2, -0.15) is 11.8 Å². The van der Waals surface area contributed by atoms with E-state index in [2.05, 4.69) is 5.32 Å². The summed E-state index contributed by atoms with van der Waals surface area (Å²) < 4.78 is 13.3. The molecule has 4 nitrogen and oxygen atoms in total. The van der Waals surface area contributed by atoms with Crippen molar-refractivity contribution in [2.24, 2.45) is 0 Å². The lowest BCUT2D eigenvalue weighted by Crippen LogP contribution is -2.14. The average Bonchev–Trinajstić information content (AvgIpc) is 2.33.